The van der Waals surface area contributed by atoms with Gasteiger partial charge in [-0.1, -0.05) is 12.1 Å². The molecular weight excluding hydrogens is 128 g/mol. The fourth-order valence-corrected chi connectivity index (χ4v) is 0.654. The molecule has 3 heteroatoms. The first-order valence-corrected chi connectivity index (χ1v) is 2.87. The quantitative estimate of drug-likeness (QED) is 0.447. The minimum absolute atomic E-state index is 0.143. The third kappa shape index (κ3) is 1.25. The van der Waals surface area contributed by atoms with Crippen LogP contribution in [0, 0.1) is 0 Å². The molecule has 0 radical (unpaired) electrons. The van der Waals surface area contributed by atoms with Crippen LogP contribution in [0.3, 0.4) is 0 Å². The van der Waals surface area contributed by atoms with Gasteiger partial charge in [-0.2, -0.15) is 0 Å². The van der Waals surface area contributed by atoms with Gasteiger partial charge in [-0.3, -0.25) is 0 Å². The molecule has 1 aromatic carbocycles. The Bertz CT molecular complexity index is 245. The standard InChI is InChI=1S/C7H8N2O/c8-5-9-6-3-1-2-4-7(6)10/h1-5,10H,(H2,8,9). The summed E-state index contributed by atoms with van der Waals surface area (Å²) in [5.74, 6) is 0.143. The van der Waals surface area contributed by atoms with Gasteiger partial charge in [0.15, 0.2) is 0 Å². The maximum Gasteiger partial charge on any atom is 0.141 e. The largest absolute Gasteiger partial charge is 0.506 e. The van der Waals surface area contributed by atoms with E-state index >= 15 is 0 Å². The summed E-state index contributed by atoms with van der Waals surface area (Å²) in [4.78, 5) is 3.71. The molecule has 1 aromatic rings. The molecule has 0 amide bonds. The first kappa shape index (κ1) is 6.61. The number of phenols is 1. The van der Waals surface area contributed by atoms with Crippen LogP contribution in [0.5, 0.6) is 5.75 Å². The second-order valence-electron chi connectivity index (χ2n) is 1.77. The molecule has 52 valence electrons. The zero-order valence-electron chi connectivity index (χ0n) is 5.36. The lowest BCUT2D eigenvalue weighted by atomic mass is 10.3. The van der Waals surface area contributed by atoms with E-state index in [9.17, 15) is 0 Å². The average Bonchev–Trinajstić information content (AvgIpc) is 1.94. The Labute approximate surface area is 58.8 Å². The number of phenolic OH excluding ortho intramolecular Hbond substituents is 1. The van der Waals surface area contributed by atoms with Crippen molar-refractivity contribution in [3.63, 3.8) is 0 Å². The summed E-state index contributed by atoms with van der Waals surface area (Å²) >= 11 is 0. The molecular formula is C7H8N2O. The summed E-state index contributed by atoms with van der Waals surface area (Å²) < 4.78 is 0. The van der Waals surface area contributed by atoms with Gasteiger partial charge in [-0.05, 0) is 12.1 Å². The number of aliphatic imine (C=N–C) groups is 1. The van der Waals surface area contributed by atoms with Gasteiger partial charge in [0, 0.05) is 0 Å². The van der Waals surface area contributed by atoms with Crippen molar-refractivity contribution in [2.24, 2.45) is 10.7 Å². The van der Waals surface area contributed by atoms with Crippen molar-refractivity contribution < 1.29 is 5.11 Å². The number of nitrogens with zero attached hydrogens (tertiary/aromatic N) is 1. The number of para-hydroxylation sites is 2. The van der Waals surface area contributed by atoms with Gasteiger partial charge in [0.05, 0.1) is 6.34 Å². The zero-order valence-corrected chi connectivity index (χ0v) is 5.36. The molecule has 0 aliphatic heterocycles. The summed E-state index contributed by atoms with van der Waals surface area (Å²) in [7, 11) is 0. The van der Waals surface area contributed by atoms with E-state index in [2.05, 4.69) is 4.99 Å². The fourth-order valence-electron chi connectivity index (χ4n) is 0.654. The first-order chi connectivity index (χ1) is 4.84. The van der Waals surface area contributed by atoms with E-state index in [1.165, 1.54) is 0 Å². The van der Waals surface area contributed by atoms with Crippen LogP contribution in [0.2, 0.25) is 0 Å². The number of benzene rings is 1. The van der Waals surface area contributed by atoms with Crippen LogP contribution in [0.1, 0.15) is 0 Å². The molecule has 0 bridgehead atoms. The van der Waals surface area contributed by atoms with Crippen molar-refractivity contribution >= 4 is 12.0 Å². The Morgan fingerprint density at radius 1 is 1.40 bits per heavy atom. The average molecular weight is 136 g/mol. The third-order valence-electron chi connectivity index (χ3n) is 1.10. The van der Waals surface area contributed by atoms with Gasteiger partial charge in [-0.25, -0.2) is 4.99 Å². The molecule has 0 heterocycles. The van der Waals surface area contributed by atoms with Crippen LogP contribution in [0.15, 0.2) is 29.3 Å². The predicted octanol–water partition coefficient (Wildman–Crippen LogP) is 1.01. The Hall–Kier alpha value is -1.51. The molecule has 3 nitrogen and oxygen atoms in total. The highest BCUT2D eigenvalue weighted by Crippen LogP contribution is 2.23. The monoisotopic (exact) mass is 136 g/mol. The first-order valence-electron chi connectivity index (χ1n) is 2.87. The number of rotatable bonds is 1. The summed E-state index contributed by atoms with van der Waals surface area (Å²) in [5.41, 5.74) is 5.52. The van der Waals surface area contributed by atoms with Crippen molar-refractivity contribution in [3.8, 4) is 5.75 Å². The predicted molar refractivity (Wildman–Crippen MR) is 40.4 cm³/mol. The molecule has 10 heavy (non-hydrogen) atoms. The van der Waals surface area contributed by atoms with Gasteiger partial charge in [-0.15, -0.1) is 0 Å². The second kappa shape index (κ2) is 2.87. The molecule has 0 atom stereocenters. The van der Waals surface area contributed by atoms with Gasteiger partial charge in [0.1, 0.15) is 11.4 Å². The summed E-state index contributed by atoms with van der Waals surface area (Å²) in [6.07, 6.45) is 1.15. The molecule has 0 aliphatic rings. The Balaban J connectivity index is 3.03. The maximum absolute atomic E-state index is 9.07. The minimum Gasteiger partial charge on any atom is -0.506 e. The van der Waals surface area contributed by atoms with Crippen LogP contribution in [0.25, 0.3) is 0 Å². The van der Waals surface area contributed by atoms with E-state index in [4.69, 9.17) is 10.8 Å². The van der Waals surface area contributed by atoms with Crippen molar-refractivity contribution in [2.75, 3.05) is 0 Å². The topological polar surface area (TPSA) is 58.6 Å². The molecule has 1 rings (SSSR count). The van der Waals surface area contributed by atoms with Gasteiger partial charge in [0.25, 0.3) is 0 Å². The molecule has 0 spiro atoms. The lowest BCUT2D eigenvalue weighted by Crippen LogP contribution is -1.86. The van der Waals surface area contributed by atoms with Gasteiger partial charge < -0.3 is 10.8 Å². The van der Waals surface area contributed by atoms with Crippen LogP contribution >= 0.6 is 0 Å². The highest BCUT2D eigenvalue weighted by Gasteiger charge is 1.92. The van der Waals surface area contributed by atoms with Crippen molar-refractivity contribution in [3.05, 3.63) is 24.3 Å². The molecule has 0 fully saturated rings. The molecule has 0 aromatic heterocycles. The van der Waals surface area contributed by atoms with Gasteiger partial charge in [0.2, 0.25) is 0 Å². The number of aromatic hydroxyl groups is 1. The highest BCUT2D eigenvalue weighted by atomic mass is 16.3. The lowest BCUT2D eigenvalue weighted by molar-refractivity contribution is 0.477. The van der Waals surface area contributed by atoms with Crippen molar-refractivity contribution in [1.29, 1.82) is 0 Å². The highest BCUT2D eigenvalue weighted by molar-refractivity contribution is 5.62. The smallest absolute Gasteiger partial charge is 0.141 e. The molecule has 0 unspecified atom stereocenters. The van der Waals surface area contributed by atoms with Crippen molar-refractivity contribution in [2.45, 2.75) is 0 Å². The van der Waals surface area contributed by atoms with Crippen LogP contribution in [-0.2, 0) is 0 Å². The van der Waals surface area contributed by atoms with E-state index in [0.29, 0.717) is 5.69 Å². The minimum atomic E-state index is 0.143. The SMILES string of the molecule is N/C=N/c1ccccc1O. The van der Waals surface area contributed by atoms with Crippen LogP contribution in [0.4, 0.5) is 5.69 Å². The van der Waals surface area contributed by atoms with Crippen LogP contribution in [-0.4, -0.2) is 11.4 Å². The second-order valence-corrected chi connectivity index (χ2v) is 1.77. The Morgan fingerprint density at radius 2 is 2.10 bits per heavy atom. The molecule has 0 saturated carbocycles. The van der Waals surface area contributed by atoms with E-state index in [-0.39, 0.29) is 5.75 Å². The molecule has 3 N–H and O–H groups in total. The Morgan fingerprint density at radius 3 is 2.70 bits per heavy atom. The van der Waals surface area contributed by atoms with Crippen LogP contribution < -0.4 is 5.73 Å². The Kier molecular flexibility index (Phi) is 1.89. The number of nitrogens with two attached hydrogens (primary N) is 1. The van der Waals surface area contributed by atoms with E-state index in [1.807, 2.05) is 0 Å². The van der Waals surface area contributed by atoms with E-state index in [1.54, 1.807) is 24.3 Å². The fraction of sp³-hybridized carbons (Fsp3) is 0. The molecule has 0 aliphatic carbocycles. The summed E-state index contributed by atoms with van der Waals surface area (Å²) in [6.45, 7) is 0. The van der Waals surface area contributed by atoms with E-state index in [0.717, 1.165) is 6.34 Å². The van der Waals surface area contributed by atoms with Gasteiger partial charge >= 0.3 is 0 Å². The number of hydrogen-bond acceptors (Lipinski definition) is 2. The van der Waals surface area contributed by atoms with E-state index < -0.39 is 0 Å². The lowest BCUT2D eigenvalue weighted by Gasteiger charge is -1.94. The maximum atomic E-state index is 9.07. The number of hydrogen-bond donors (Lipinski definition) is 2. The normalized spacial score (nSPS) is 10.4. The molecule has 0 saturated heterocycles. The summed E-state index contributed by atoms with van der Waals surface area (Å²) in [5, 5.41) is 9.07. The van der Waals surface area contributed by atoms with Crippen molar-refractivity contribution in [1.82, 2.24) is 0 Å². The summed E-state index contributed by atoms with van der Waals surface area (Å²) in [6, 6.07) is 6.74. The third-order valence-corrected chi connectivity index (χ3v) is 1.10. The zero-order chi connectivity index (χ0) is 7.40.